The molecule has 0 bridgehead atoms. The number of likely N-dealkylation sites (tertiary alicyclic amines) is 1. The number of aromatic nitrogens is 3. The molecule has 0 aliphatic carbocycles. The number of carbonyl (C=O) groups excluding carboxylic acids is 1. The van der Waals surface area contributed by atoms with E-state index in [1.54, 1.807) is 65.7 Å². The lowest BCUT2D eigenvalue weighted by atomic mass is 10.0. The van der Waals surface area contributed by atoms with Crippen molar-refractivity contribution in [1.82, 2.24) is 18.8 Å². The first-order chi connectivity index (χ1) is 22.2. The summed E-state index contributed by atoms with van der Waals surface area (Å²) in [5, 5.41) is 13.8. The van der Waals surface area contributed by atoms with E-state index in [1.807, 2.05) is 18.2 Å². The highest BCUT2D eigenvalue weighted by atomic mass is 35.5. The SMILES string of the molecule is O=C(c1ccc2c(c1)N(C(=O)O)CC2)N1CCC(Nc2ncc(Cl)c(-c3cn(S(=O)(=O)c4ccccc4)c4ccccc34)n2)CC1. The molecule has 0 atom stereocenters. The second-order valence-corrected chi connectivity index (χ2v) is 13.5. The summed E-state index contributed by atoms with van der Waals surface area (Å²) in [6, 6.07) is 20.7. The van der Waals surface area contributed by atoms with Crippen molar-refractivity contribution in [3.8, 4) is 11.3 Å². The highest BCUT2D eigenvalue weighted by Gasteiger charge is 2.29. The molecule has 46 heavy (non-hydrogen) atoms. The zero-order chi connectivity index (χ0) is 32.0. The van der Waals surface area contributed by atoms with Gasteiger partial charge in [0.1, 0.15) is 0 Å². The number of fused-ring (bicyclic) bond motifs is 2. The third kappa shape index (κ3) is 5.33. The molecule has 2 aliphatic heterocycles. The minimum Gasteiger partial charge on any atom is -0.465 e. The number of anilines is 2. The number of nitrogens with zero attached hydrogens (tertiary/aromatic N) is 5. The number of nitrogens with one attached hydrogen (secondary N) is 1. The van der Waals surface area contributed by atoms with Gasteiger partial charge in [-0.05, 0) is 55.2 Å². The number of benzene rings is 3. The second-order valence-electron chi connectivity index (χ2n) is 11.3. The minimum atomic E-state index is -3.89. The molecule has 11 nitrogen and oxygen atoms in total. The van der Waals surface area contributed by atoms with Gasteiger partial charge in [-0.3, -0.25) is 9.69 Å². The van der Waals surface area contributed by atoms with E-state index in [0.717, 1.165) is 5.56 Å². The Morgan fingerprint density at radius 1 is 0.957 bits per heavy atom. The second kappa shape index (κ2) is 11.8. The van der Waals surface area contributed by atoms with Crippen LogP contribution in [0.3, 0.4) is 0 Å². The molecule has 1 saturated heterocycles. The maximum absolute atomic E-state index is 13.6. The molecule has 1 fully saturated rings. The number of halogens is 1. The Morgan fingerprint density at radius 3 is 2.46 bits per heavy atom. The quantitative estimate of drug-likeness (QED) is 0.236. The maximum Gasteiger partial charge on any atom is 0.411 e. The Balaban J connectivity index is 1.09. The lowest BCUT2D eigenvalue weighted by Crippen LogP contribution is -2.42. The molecule has 2 aromatic heterocycles. The number of piperidine rings is 1. The fraction of sp³-hybridized carbons (Fsp3) is 0.212. The van der Waals surface area contributed by atoms with E-state index in [4.69, 9.17) is 16.6 Å². The van der Waals surface area contributed by atoms with Crippen LogP contribution in [0.5, 0.6) is 0 Å². The Hall–Kier alpha value is -4.94. The third-order valence-electron chi connectivity index (χ3n) is 8.55. The lowest BCUT2D eigenvalue weighted by Gasteiger charge is -2.32. The highest BCUT2D eigenvalue weighted by Crippen LogP contribution is 2.36. The van der Waals surface area contributed by atoms with Gasteiger partial charge in [0.05, 0.1) is 33.0 Å². The molecule has 2 amide bonds. The molecule has 13 heteroatoms. The number of carbonyl (C=O) groups is 2. The molecule has 0 spiro atoms. The zero-order valence-electron chi connectivity index (χ0n) is 24.5. The van der Waals surface area contributed by atoms with Crippen LogP contribution < -0.4 is 10.2 Å². The van der Waals surface area contributed by atoms with Crippen molar-refractivity contribution in [2.24, 2.45) is 0 Å². The van der Waals surface area contributed by atoms with Crippen molar-refractivity contribution in [1.29, 1.82) is 0 Å². The van der Waals surface area contributed by atoms with E-state index >= 15 is 0 Å². The molecular weight excluding hydrogens is 628 g/mol. The smallest absolute Gasteiger partial charge is 0.411 e. The molecular formula is C33H29ClN6O5S. The number of hydrogen-bond donors (Lipinski definition) is 2. The van der Waals surface area contributed by atoms with Crippen LogP contribution in [0.4, 0.5) is 16.4 Å². The van der Waals surface area contributed by atoms with Crippen LogP contribution in [-0.4, -0.2) is 70.0 Å². The van der Waals surface area contributed by atoms with E-state index in [-0.39, 0.29) is 21.9 Å². The number of para-hydroxylation sites is 1. The summed E-state index contributed by atoms with van der Waals surface area (Å²) >= 11 is 6.60. The fourth-order valence-corrected chi connectivity index (χ4v) is 7.76. The highest BCUT2D eigenvalue weighted by molar-refractivity contribution is 7.90. The number of hydrogen-bond acceptors (Lipinski definition) is 7. The first-order valence-corrected chi connectivity index (χ1v) is 16.7. The van der Waals surface area contributed by atoms with Gasteiger partial charge in [0.25, 0.3) is 15.9 Å². The van der Waals surface area contributed by atoms with Crippen molar-refractivity contribution in [3.05, 3.63) is 101 Å². The fourth-order valence-electron chi connectivity index (χ4n) is 6.17. The summed E-state index contributed by atoms with van der Waals surface area (Å²) in [6.45, 7) is 1.39. The summed E-state index contributed by atoms with van der Waals surface area (Å²) in [6.07, 6.45) is 3.95. The lowest BCUT2D eigenvalue weighted by molar-refractivity contribution is 0.0718. The van der Waals surface area contributed by atoms with Crippen molar-refractivity contribution in [2.45, 2.75) is 30.2 Å². The summed E-state index contributed by atoms with van der Waals surface area (Å²) < 4.78 is 28.4. The Kier molecular flexibility index (Phi) is 7.61. The van der Waals surface area contributed by atoms with E-state index in [9.17, 15) is 23.1 Å². The van der Waals surface area contributed by atoms with Gasteiger partial charge < -0.3 is 15.3 Å². The zero-order valence-corrected chi connectivity index (χ0v) is 26.1. The molecule has 0 saturated carbocycles. The van der Waals surface area contributed by atoms with Gasteiger partial charge in [0.2, 0.25) is 5.95 Å². The Morgan fingerprint density at radius 2 is 1.70 bits per heavy atom. The van der Waals surface area contributed by atoms with Crippen LogP contribution in [0.1, 0.15) is 28.8 Å². The minimum absolute atomic E-state index is 0.0135. The van der Waals surface area contributed by atoms with Crippen molar-refractivity contribution >= 4 is 56.2 Å². The van der Waals surface area contributed by atoms with Gasteiger partial charge in [-0.2, -0.15) is 0 Å². The van der Waals surface area contributed by atoms with Crippen LogP contribution in [0.15, 0.2) is 90.1 Å². The van der Waals surface area contributed by atoms with Gasteiger partial charge >= 0.3 is 6.09 Å². The van der Waals surface area contributed by atoms with E-state index in [0.29, 0.717) is 78.3 Å². The largest absolute Gasteiger partial charge is 0.465 e. The monoisotopic (exact) mass is 656 g/mol. The van der Waals surface area contributed by atoms with E-state index in [2.05, 4.69) is 10.3 Å². The van der Waals surface area contributed by atoms with Crippen molar-refractivity contribution < 1.29 is 23.1 Å². The summed E-state index contributed by atoms with van der Waals surface area (Å²) in [4.78, 5) is 37.2. The van der Waals surface area contributed by atoms with Crippen LogP contribution >= 0.6 is 11.6 Å². The summed E-state index contributed by atoms with van der Waals surface area (Å²) in [5.74, 6) is 0.213. The van der Waals surface area contributed by atoms with Gasteiger partial charge in [-0.1, -0.05) is 54.1 Å². The van der Waals surface area contributed by atoms with E-state index < -0.39 is 16.1 Å². The van der Waals surface area contributed by atoms with E-state index in [1.165, 1.54) is 15.1 Å². The van der Waals surface area contributed by atoms with Gasteiger partial charge in [-0.25, -0.2) is 27.2 Å². The molecule has 3 aromatic carbocycles. The van der Waals surface area contributed by atoms with Crippen molar-refractivity contribution in [2.75, 3.05) is 29.9 Å². The number of amides is 2. The predicted molar refractivity (Wildman–Crippen MR) is 175 cm³/mol. The topological polar surface area (TPSA) is 138 Å². The maximum atomic E-state index is 13.6. The molecule has 2 N–H and O–H groups in total. The summed E-state index contributed by atoms with van der Waals surface area (Å²) in [7, 11) is -3.89. The average molecular weight is 657 g/mol. The first-order valence-electron chi connectivity index (χ1n) is 14.8. The third-order valence-corrected chi connectivity index (χ3v) is 10.5. The normalized spacial score (nSPS) is 15.2. The molecule has 7 rings (SSSR count). The average Bonchev–Trinajstić information content (AvgIpc) is 3.68. The Labute approximate surface area is 270 Å². The Bertz CT molecular complexity index is 2090. The van der Waals surface area contributed by atoms with Gasteiger partial charge in [-0.15, -0.1) is 0 Å². The van der Waals surface area contributed by atoms with Gasteiger partial charge in [0, 0.05) is 48.4 Å². The van der Waals surface area contributed by atoms with Gasteiger partial charge in [0.15, 0.2) is 0 Å². The molecule has 0 unspecified atom stereocenters. The molecule has 234 valence electrons. The molecule has 4 heterocycles. The summed E-state index contributed by atoms with van der Waals surface area (Å²) in [5.41, 5.74) is 3.43. The first kappa shape index (κ1) is 29.8. The molecule has 5 aromatic rings. The van der Waals surface area contributed by atoms with Crippen LogP contribution in [-0.2, 0) is 16.4 Å². The standard InChI is InChI=1S/C33H29ClN6O5S/c34-27-19-35-32(36-23-13-15-38(16-14-23)31(41)22-11-10-21-12-17-39(33(42)43)29(21)18-22)37-30(27)26-20-40(28-9-5-4-8-25(26)28)46(44,45)24-6-2-1-3-7-24/h1-11,18-20,23H,12-17H2,(H,42,43)(H,35,36,37). The predicted octanol–water partition coefficient (Wildman–Crippen LogP) is 5.75. The molecule has 0 radical (unpaired) electrons. The van der Waals surface area contributed by atoms with Crippen molar-refractivity contribution in [3.63, 3.8) is 0 Å². The van der Waals surface area contributed by atoms with Crippen LogP contribution in [0, 0.1) is 0 Å². The van der Waals surface area contributed by atoms with Crippen LogP contribution in [0.25, 0.3) is 22.2 Å². The van der Waals surface area contributed by atoms with Crippen LogP contribution in [0.2, 0.25) is 5.02 Å². The number of rotatable bonds is 6. The number of carboxylic acid groups (broad SMARTS) is 1. The molecule has 2 aliphatic rings.